The van der Waals surface area contributed by atoms with Crippen molar-refractivity contribution >= 4 is 17.3 Å². The van der Waals surface area contributed by atoms with Gasteiger partial charge in [-0.25, -0.2) is 0 Å². The van der Waals surface area contributed by atoms with Gasteiger partial charge in [0.05, 0.1) is 24.2 Å². The van der Waals surface area contributed by atoms with E-state index < -0.39 is 0 Å². The lowest BCUT2D eigenvalue weighted by Gasteiger charge is -2.08. The van der Waals surface area contributed by atoms with Crippen molar-refractivity contribution in [1.29, 1.82) is 0 Å². The van der Waals surface area contributed by atoms with Crippen molar-refractivity contribution in [2.24, 2.45) is 7.05 Å². The van der Waals surface area contributed by atoms with Gasteiger partial charge in [-0.15, -0.1) is 0 Å². The molecule has 2 aromatic rings. The molecule has 6 nitrogen and oxygen atoms in total. The predicted molar refractivity (Wildman–Crippen MR) is 87.4 cm³/mol. The molecule has 118 valence electrons. The van der Waals surface area contributed by atoms with Gasteiger partial charge in [0.25, 0.3) is 0 Å². The first-order chi connectivity index (χ1) is 10.5. The average molecular weight is 302 g/mol. The average Bonchev–Trinajstić information content (AvgIpc) is 2.74. The van der Waals surface area contributed by atoms with Gasteiger partial charge < -0.3 is 15.4 Å². The standard InChI is InChI=1S/C16H22N4O2/c1-11-16(12(2)20(3)19-11)18-15(21)9-10-17-13-5-7-14(22-4)8-6-13/h5-8,17H,9-10H2,1-4H3,(H,18,21). The minimum Gasteiger partial charge on any atom is -0.497 e. The van der Waals surface area contributed by atoms with Crippen LogP contribution in [0.1, 0.15) is 17.8 Å². The van der Waals surface area contributed by atoms with Crippen LogP contribution in [0.2, 0.25) is 0 Å². The first-order valence-electron chi connectivity index (χ1n) is 7.19. The van der Waals surface area contributed by atoms with Gasteiger partial charge in [-0.2, -0.15) is 5.10 Å². The maximum atomic E-state index is 12.0. The Labute approximate surface area is 130 Å². The van der Waals surface area contributed by atoms with E-state index in [1.807, 2.05) is 45.2 Å². The van der Waals surface area contributed by atoms with Gasteiger partial charge in [0, 0.05) is 25.7 Å². The molecule has 0 unspecified atom stereocenters. The molecule has 1 heterocycles. The Hall–Kier alpha value is -2.50. The molecule has 0 aliphatic heterocycles. The van der Waals surface area contributed by atoms with E-state index in [9.17, 15) is 4.79 Å². The number of aromatic nitrogens is 2. The van der Waals surface area contributed by atoms with Gasteiger partial charge >= 0.3 is 0 Å². The highest BCUT2D eigenvalue weighted by Crippen LogP contribution is 2.18. The number of benzene rings is 1. The van der Waals surface area contributed by atoms with Crippen molar-refractivity contribution in [3.8, 4) is 5.75 Å². The number of amides is 1. The Morgan fingerprint density at radius 1 is 1.27 bits per heavy atom. The Kier molecular flexibility index (Phi) is 5.04. The molecule has 0 saturated heterocycles. The fraction of sp³-hybridized carbons (Fsp3) is 0.375. The summed E-state index contributed by atoms with van der Waals surface area (Å²) in [5.74, 6) is 0.783. The highest BCUT2D eigenvalue weighted by molar-refractivity contribution is 5.92. The maximum absolute atomic E-state index is 12.0. The van der Waals surface area contributed by atoms with Crippen LogP contribution in [-0.2, 0) is 11.8 Å². The van der Waals surface area contributed by atoms with Crippen LogP contribution in [0.25, 0.3) is 0 Å². The zero-order valence-corrected chi connectivity index (χ0v) is 13.4. The molecule has 0 saturated carbocycles. The van der Waals surface area contributed by atoms with Gasteiger partial charge in [-0.1, -0.05) is 0 Å². The molecule has 0 atom stereocenters. The molecule has 2 rings (SSSR count). The Morgan fingerprint density at radius 3 is 2.50 bits per heavy atom. The van der Waals surface area contributed by atoms with Crippen molar-refractivity contribution in [1.82, 2.24) is 9.78 Å². The normalized spacial score (nSPS) is 10.4. The summed E-state index contributed by atoms with van der Waals surface area (Å²) in [5.41, 5.74) is 3.55. The van der Waals surface area contributed by atoms with Crippen molar-refractivity contribution in [2.45, 2.75) is 20.3 Å². The van der Waals surface area contributed by atoms with Gasteiger partial charge in [-0.05, 0) is 38.1 Å². The van der Waals surface area contributed by atoms with Crippen LogP contribution in [0.4, 0.5) is 11.4 Å². The largest absolute Gasteiger partial charge is 0.497 e. The molecule has 1 amide bonds. The first-order valence-corrected chi connectivity index (χ1v) is 7.19. The molecule has 0 fully saturated rings. The fourth-order valence-corrected chi connectivity index (χ4v) is 2.19. The lowest BCUT2D eigenvalue weighted by atomic mass is 10.2. The van der Waals surface area contributed by atoms with E-state index >= 15 is 0 Å². The summed E-state index contributed by atoms with van der Waals surface area (Å²) in [6.45, 7) is 4.39. The molecule has 0 aliphatic rings. The second-order valence-electron chi connectivity index (χ2n) is 5.12. The number of methoxy groups -OCH3 is 1. The van der Waals surface area contributed by atoms with Gasteiger partial charge in [0.15, 0.2) is 0 Å². The van der Waals surface area contributed by atoms with Crippen LogP contribution in [0.5, 0.6) is 5.75 Å². The number of hydrogen-bond acceptors (Lipinski definition) is 4. The molecule has 2 N–H and O–H groups in total. The molecule has 6 heteroatoms. The van der Waals surface area contributed by atoms with E-state index in [4.69, 9.17) is 4.74 Å². The van der Waals surface area contributed by atoms with Gasteiger partial charge in [-0.3, -0.25) is 9.48 Å². The molecule has 0 spiro atoms. The number of rotatable bonds is 6. The molecule has 0 bridgehead atoms. The maximum Gasteiger partial charge on any atom is 0.226 e. The van der Waals surface area contributed by atoms with Crippen molar-refractivity contribution in [3.05, 3.63) is 35.7 Å². The summed E-state index contributed by atoms with van der Waals surface area (Å²) in [6, 6.07) is 7.60. The molecule has 1 aromatic heterocycles. The summed E-state index contributed by atoms with van der Waals surface area (Å²) in [7, 11) is 3.50. The second kappa shape index (κ2) is 6.98. The Balaban J connectivity index is 1.82. The van der Waals surface area contributed by atoms with E-state index in [-0.39, 0.29) is 5.91 Å². The number of aryl methyl sites for hydroxylation is 2. The summed E-state index contributed by atoms with van der Waals surface area (Å²) in [6.07, 6.45) is 0.389. The third-order valence-corrected chi connectivity index (χ3v) is 3.54. The van der Waals surface area contributed by atoms with Crippen LogP contribution in [0.15, 0.2) is 24.3 Å². The minimum absolute atomic E-state index is 0.0276. The molecule has 22 heavy (non-hydrogen) atoms. The minimum atomic E-state index is -0.0276. The Morgan fingerprint density at radius 2 is 1.95 bits per heavy atom. The topological polar surface area (TPSA) is 68.2 Å². The van der Waals surface area contributed by atoms with Crippen molar-refractivity contribution < 1.29 is 9.53 Å². The third-order valence-electron chi connectivity index (χ3n) is 3.54. The third kappa shape index (κ3) is 3.78. The van der Waals surface area contributed by atoms with E-state index in [0.717, 1.165) is 28.5 Å². The number of anilines is 2. The molecule has 1 aromatic carbocycles. The van der Waals surface area contributed by atoms with Crippen LogP contribution >= 0.6 is 0 Å². The summed E-state index contributed by atoms with van der Waals surface area (Å²) in [5, 5.41) is 10.4. The molecular formula is C16H22N4O2. The number of carbonyl (C=O) groups is 1. The number of carbonyl (C=O) groups excluding carboxylic acids is 1. The quantitative estimate of drug-likeness (QED) is 0.860. The van der Waals surface area contributed by atoms with Crippen molar-refractivity contribution in [2.75, 3.05) is 24.3 Å². The number of nitrogens with one attached hydrogen (secondary N) is 2. The van der Waals surface area contributed by atoms with E-state index in [0.29, 0.717) is 13.0 Å². The molecule has 0 aliphatic carbocycles. The monoisotopic (exact) mass is 302 g/mol. The molecular weight excluding hydrogens is 280 g/mol. The highest BCUT2D eigenvalue weighted by atomic mass is 16.5. The number of nitrogens with zero attached hydrogens (tertiary/aromatic N) is 2. The predicted octanol–water partition coefficient (Wildman–Crippen LogP) is 2.49. The first kappa shape index (κ1) is 15.9. The zero-order valence-electron chi connectivity index (χ0n) is 13.4. The Bertz CT molecular complexity index is 647. The zero-order chi connectivity index (χ0) is 16.1. The molecule has 0 radical (unpaired) electrons. The SMILES string of the molecule is COc1ccc(NCCC(=O)Nc2c(C)nn(C)c2C)cc1. The second-order valence-corrected chi connectivity index (χ2v) is 5.12. The van der Waals surface area contributed by atoms with Crippen LogP contribution < -0.4 is 15.4 Å². The van der Waals surface area contributed by atoms with E-state index in [2.05, 4.69) is 15.7 Å². The smallest absolute Gasteiger partial charge is 0.226 e. The van der Waals surface area contributed by atoms with Crippen molar-refractivity contribution in [3.63, 3.8) is 0 Å². The lowest BCUT2D eigenvalue weighted by Crippen LogP contribution is -2.17. The van der Waals surface area contributed by atoms with Crippen LogP contribution in [-0.4, -0.2) is 29.3 Å². The van der Waals surface area contributed by atoms with Gasteiger partial charge in [0.1, 0.15) is 5.75 Å². The van der Waals surface area contributed by atoms with E-state index in [1.165, 1.54) is 0 Å². The number of hydrogen-bond donors (Lipinski definition) is 2. The number of ether oxygens (including phenoxy) is 1. The van der Waals surface area contributed by atoms with E-state index in [1.54, 1.807) is 11.8 Å². The van der Waals surface area contributed by atoms with Crippen LogP contribution in [0, 0.1) is 13.8 Å². The van der Waals surface area contributed by atoms with Crippen LogP contribution in [0.3, 0.4) is 0 Å². The summed E-state index contributed by atoms with van der Waals surface area (Å²) < 4.78 is 6.87. The summed E-state index contributed by atoms with van der Waals surface area (Å²) in [4.78, 5) is 12.0. The fourth-order valence-electron chi connectivity index (χ4n) is 2.19. The lowest BCUT2D eigenvalue weighted by molar-refractivity contribution is -0.115. The highest BCUT2D eigenvalue weighted by Gasteiger charge is 2.12. The van der Waals surface area contributed by atoms with Gasteiger partial charge in [0.2, 0.25) is 5.91 Å². The summed E-state index contributed by atoms with van der Waals surface area (Å²) >= 11 is 0.